The van der Waals surface area contributed by atoms with Gasteiger partial charge >= 0.3 is 5.97 Å². The number of carbonyl (C=O) groups excluding carboxylic acids is 3. The molecule has 144 valence electrons. The number of rotatable bonds is 6. The Kier molecular flexibility index (Phi) is 6.37. The molecule has 2 N–H and O–H groups in total. The Morgan fingerprint density at radius 3 is 2.64 bits per heavy atom. The molecule has 0 radical (unpaired) electrons. The van der Waals surface area contributed by atoms with Crippen LogP contribution in [-0.2, 0) is 14.3 Å². The number of hydrogen-bond donors (Lipinski definition) is 2. The summed E-state index contributed by atoms with van der Waals surface area (Å²) < 4.78 is 19.6. The van der Waals surface area contributed by atoms with Crippen molar-refractivity contribution < 1.29 is 23.5 Å². The molecule has 3 rings (SSSR count). The van der Waals surface area contributed by atoms with Crippen LogP contribution >= 0.6 is 27.3 Å². The molecule has 2 amide bonds. The number of nitrogens with one attached hydrogen (secondary N) is 2. The fourth-order valence-corrected chi connectivity index (χ4v) is 3.62. The zero-order valence-electron chi connectivity index (χ0n) is 14.3. The van der Waals surface area contributed by atoms with Gasteiger partial charge in [-0.15, -0.1) is 11.3 Å². The predicted molar refractivity (Wildman–Crippen MR) is 108 cm³/mol. The zero-order chi connectivity index (χ0) is 20.1. The number of ether oxygens (including phenoxy) is 1. The standard InChI is InChI=1S/C19H14BrFN2O4S/c20-13-3-1-2-4-14(13)23-17(24)9-22-18(25)10-27-19(26)16-8-11-7-12(21)5-6-15(11)28-16/h1-8H,9-10H2,(H,22,25)(H,23,24). The van der Waals surface area contributed by atoms with Gasteiger partial charge in [0.25, 0.3) is 5.91 Å². The molecular formula is C19H14BrFN2O4S. The zero-order valence-corrected chi connectivity index (χ0v) is 16.7. The topological polar surface area (TPSA) is 84.5 Å². The van der Waals surface area contributed by atoms with Gasteiger partial charge in [0.15, 0.2) is 6.61 Å². The molecule has 3 aromatic rings. The van der Waals surface area contributed by atoms with Gasteiger partial charge in [-0.05, 0) is 57.7 Å². The van der Waals surface area contributed by atoms with Crippen molar-refractivity contribution in [3.05, 3.63) is 63.7 Å². The van der Waals surface area contributed by atoms with Crippen molar-refractivity contribution in [2.75, 3.05) is 18.5 Å². The molecule has 0 spiro atoms. The largest absolute Gasteiger partial charge is 0.451 e. The first kappa shape index (κ1) is 20.0. The molecule has 0 aliphatic carbocycles. The number of hydrogen-bond acceptors (Lipinski definition) is 5. The van der Waals surface area contributed by atoms with Crippen LogP contribution < -0.4 is 10.6 Å². The quantitative estimate of drug-likeness (QED) is 0.544. The van der Waals surface area contributed by atoms with Gasteiger partial charge in [-0.3, -0.25) is 9.59 Å². The number of benzene rings is 2. The van der Waals surface area contributed by atoms with E-state index in [0.29, 0.717) is 15.5 Å². The summed E-state index contributed by atoms with van der Waals surface area (Å²) in [5.74, 6) is -2.11. The minimum Gasteiger partial charge on any atom is -0.451 e. The summed E-state index contributed by atoms with van der Waals surface area (Å²) in [7, 11) is 0. The molecule has 1 heterocycles. The van der Waals surface area contributed by atoms with Crippen molar-refractivity contribution >= 4 is 60.8 Å². The average molecular weight is 465 g/mol. The van der Waals surface area contributed by atoms with Gasteiger partial charge in [-0.25, -0.2) is 9.18 Å². The van der Waals surface area contributed by atoms with E-state index in [-0.39, 0.29) is 11.4 Å². The lowest BCUT2D eigenvalue weighted by molar-refractivity contribution is -0.126. The molecular weight excluding hydrogens is 451 g/mol. The van der Waals surface area contributed by atoms with E-state index < -0.39 is 30.2 Å². The second-order valence-electron chi connectivity index (χ2n) is 5.67. The van der Waals surface area contributed by atoms with Crippen LogP contribution in [0.4, 0.5) is 10.1 Å². The average Bonchev–Trinajstić information content (AvgIpc) is 3.09. The highest BCUT2D eigenvalue weighted by Gasteiger charge is 2.14. The summed E-state index contributed by atoms with van der Waals surface area (Å²) in [4.78, 5) is 36.0. The van der Waals surface area contributed by atoms with Crippen LogP contribution in [0.1, 0.15) is 9.67 Å². The fourth-order valence-electron chi connectivity index (χ4n) is 2.30. The van der Waals surface area contributed by atoms with Crippen LogP contribution in [0.15, 0.2) is 53.0 Å². The minimum atomic E-state index is -0.686. The van der Waals surface area contributed by atoms with Crippen LogP contribution in [0, 0.1) is 5.82 Å². The molecule has 0 fully saturated rings. The molecule has 0 aliphatic rings. The molecule has 0 saturated heterocycles. The second-order valence-corrected chi connectivity index (χ2v) is 7.61. The van der Waals surface area contributed by atoms with Crippen LogP contribution in [0.3, 0.4) is 0 Å². The van der Waals surface area contributed by atoms with E-state index in [1.807, 2.05) is 6.07 Å². The van der Waals surface area contributed by atoms with Crippen LogP contribution in [0.2, 0.25) is 0 Å². The number of carbonyl (C=O) groups is 3. The van der Waals surface area contributed by atoms with Gasteiger partial charge in [0, 0.05) is 9.17 Å². The molecule has 1 aromatic heterocycles. The highest BCUT2D eigenvalue weighted by atomic mass is 79.9. The Morgan fingerprint density at radius 2 is 1.86 bits per heavy atom. The highest BCUT2D eigenvalue weighted by Crippen LogP contribution is 2.26. The lowest BCUT2D eigenvalue weighted by Gasteiger charge is -2.08. The minimum absolute atomic E-state index is 0.264. The molecule has 0 unspecified atom stereocenters. The van der Waals surface area contributed by atoms with Crippen molar-refractivity contribution in [3.63, 3.8) is 0 Å². The number of para-hydroxylation sites is 1. The van der Waals surface area contributed by atoms with E-state index in [1.54, 1.807) is 24.3 Å². The van der Waals surface area contributed by atoms with E-state index in [0.717, 1.165) is 16.0 Å². The summed E-state index contributed by atoms with van der Waals surface area (Å²) in [6, 6.07) is 12.8. The van der Waals surface area contributed by atoms with E-state index in [9.17, 15) is 18.8 Å². The van der Waals surface area contributed by atoms with E-state index in [4.69, 9.17) is 4.74 Å². The maximum Gasteiger partial charge on any atom is 0.348 e. The van der Waals surface area contributed by atoms with Crippen LogP contribution in [-0.4, -0.2) is 30.9 Å². The third kappa shape index (κ3) is 5.14. The predicted octanol–water partition coefficient (Wildman–Crippen LogP) is 3.71. The van der Waals surface area contributed by atoms with Crippen molar-refractivity contribution in [2.45, 2.75) is 0 Å². The monoisotopic (exact) mass is 464 g/mol. The van der Waals surface area contributed by atoms with Crippen LogP contribution in [0.25, 0.3) is 10.1 Å². The van der Waals surface area contributed by atoms with Gasteiger partial charge < -0.3 is 15.4 Å². The molecule has 0 aliphatic heterocycles. The summed E-state index contributed by atoms with van der Waals surface area (Å²) in [6.07, 6.45) is 0. The van der Waals surface area contributed by atoms with Crippen molar-refractivity contribution in [2.24, 2.45) is 0 Å². The van der Waals surface area contributed by atoms with Gasteiger partial charge in [-0.2, -0.15) is 0 Å². The number of anilines is 1. The third-order valence-corrected chi connectivity index (χ3v) is 5.40. The third-order valence-electron chi connectivity index (χ3n) is 3.61. The number of fused-ring (bicyclic) bond motifs is 1. The smallest absolute Gasteiger partial charge is 0.348 e. The Labute approximate surface area is 171 Å². The summed E-state index contributed by atoms with van der Waals surface area (Å²) in [5, 5.41) is 5.60. The summed E-state index contributed by atoms with van der Waals surface area (Å²) in [6.45, 7) is -0.788. The van der Waals surface area contributed by atoms with Gasteiger partial charge in [-0.1, -0.05) is 12.1 Å². The summed E-state index contributed by atoms with van der Waals surface area (Å²) >= 11 is 4.45. The lowest BCUT2D eigenvalue weighted by Crippen LogP contribution is -2.35. The first-order valence-electron chi connectivity index (χ1n) is 8.09. The lowest BCUT2D eigenvalue weighted by atomic mass is 10.2. The van der Waals surface area contributed by atoms with E-state index in [2.05, 4.69) is 26.6 Å². The SMILES string of the molecule is O=C(COC(=O)c1cc2cc(F)ccc2s1)NCC(=O)Nc1ccccc1Br. The van der Waals surface area contributed by atoms with Gasteiger partial charge in [0.05, 0.1) is 12.2 Å². The second kappa shape index (κ2) is 8.94. The Hall–Kier alpha value is -2.78. The highest BCUT2D eigenvalue weighted by molar-refractivity contribution is 9.10. The molecule has 0 saturated carbocycles. The maximum absolute atomic E-state index is 13.2. The maximum atomic E-state index is 13.2. The Morgan fingerprint density at radius 1 is 1.07 bits per heavy atom. The Bertz CT molecular complexity index is 1050. The number of amides is 2. The number of esters is 1. The van der Waals surface area contributed by atoms with Crippen molar-refractivity contribution in [1.29, 1.82) is 0 Å². The van der Waals surface area contributed by atoms with Crippen molar-refractivity contribution in [1.82, 2.24) is 5.32 Å². The molecule has 6 nitrogen and oxygen atoms in total. The molecule has 9 heteroatoms. The Balaban J connectivity index is 1.46. The summed E-state index contributed by atoms with van der Waals surface area (Å²) in [5.41, 5.74) is 0.578. The number of thiophene rings is 1. The number of halogens is 2. The van der Waals surface area contributed by atoms with E-state index >= 15 is 0 Å². The van der Waals surface area contributed by atoms with E-state index in [1.165, 1.54) is 18.2 Å². The van der Waals surface area contributed by atoms with Crippen LogP contribution in [0.5, 0.6) is 0 Å². The first-order chi connectivity index (χ1) is 13.4. The van der Waals surface area contributed by atoms with Crippen molar-refractivity contribution in [3.8, 4) is 0 Å². The van der Waals surface area contributed by atoms with Gasteiger partial charge in [0.2, 0.25) is 5.91 Å². The fraction of sp³-hybridized carbons (Fsp3) is 0.105. The molecule has 2 aromatic carbocycles. The normalized spacial score (nSPS) is 10.5. The molecule has 28 heavy (non-hydrogen) atoms. The molecule has 0 bridgehead atoms. The molecule has 0 atom stereocenters. The first-order valence-corrected chi connectivity index (χ1v) is 9.70. The van der Waals surface area contributed by atoms with Gasteiger partial charge in [0.1, 0.15) is 10.7 Å².